The van der Waals surface area contributed by atoms with E-state index in [0.29, 0.717) is 16.9 Å². The first kappa shape index (κ1) is 13.8. The Kier molecular flexibility index (Phi) is 3.51. The summed E-state index contributed by atoms with van der Waals surface area (Å²) in [6.45, 7) is 1.75. The quantitative estimate of drug-likeness (QED) is 0.698. The number of anilines is 1. The average molecular weight is 347 g/mol. The van der Waals surface area contributed by atoms with Crippen LogP contribution in [-0.2, 0) is 0 Å². The lowest BCUT2D eigenvalue weighted by Gasteiger charge is -2.07. The Balaban J connectivity index is 1.89. The van der Waals surface area contributed by atoms with Crippen LogP contribution in [0.15, 0.2) is 46.9 Å². The summed E-state index contributed by atoms with van der Waals surface area (Å²) in [5.41, 5.74) is 2.63. The first-order chi connectivity index (χ1) is 10.0. The minimum Gasteiger partial charge on any atom is -0.350 e. The highest BCUT2D eigenvalue weighted by Crippen LogP contribution is 2.22. The van der Waals surface area contributed by atoms with Crippen LogP contribution in [0.4, 0.5) is 10.1 Å². The Morgan fingerprint density at radius 3 is 2.76 bits per heavy atom. The molecule has 21 heavy (non-hydrogen) atoms. The largest absolute Gasteiger partial charge is 0.350 e. The summed E-state index contributed by atoms with van der Waals surface area (Å²) in [7, 11) is 0. The number of amides is 1. The minimum absolute atomic E-state index is 0.253. The molecule has 0 fully saturated rings. The van der Waals surface area contributed by atoms with Gasteiger partial charge in [-0.05, 0) is 48.9 Å². The first-order valence-electron chi connectivity index (χ1n) is 6.39. The second-order valence-electron chi connectivity index (χ2n) is 4.83. The van der Waals surface area contributed by atoms with E-state index in [1.165, 1.54) is 12.1 Å². The molecule has 0 unspecified atom stereocenters. The number of aromatic nitrogens is 1. The van der Waals surface area contributed by atoms with Gasteiger partial charge >= 0.3 is 0 Å². The third kappa shape index (κ3) is 2.83. The lowest BCUT2D eigenvalue weighted by molar-refractivity contribution is 0.102. The van der Waals surface area contributed by atoms with Gasteiger partial charge in [-0.3, -0.25) is 4.79 Å². The van der Waals surface area contributed by atoms with Gasteiger partial charge in [-0.25, -0.2) is 4.39 Å². The molecule has 2 N–H and O–H groups in total. The van der Waals surface area contributed by atoms with E-state index in [1.807, 2.05) is 18.2 Å². The van der Waals surface area contributed by atoms with Crippen molar-refractivity contribution in [3.63, 3.8) is 0 Å². The van der Waals surface area contributed by atoms with Crippen LogP contribution in [0.25, 0.3) is 10.9 Å². The van der Waals surface area contributed by atoms with Crippen molar-refractivity contribution in [2.45, 2.75) is 6.92 Å². The maximum absolute atomic E-state index is 13.1. The smallest absolute Gasteiger partial charge is 0.272 e. The molecule has 3 aromatic rings. The van der Waals surface area contributed by atoms with Crippen molar-refractivity contribution in [1.82, 2.24) is 4.98 Å². The Bertz CT molecular complexity index is 841. The van der Waals surface area contributed by atoms with Gasteiger partial charge in [0.2, 0.25) is 0 Å². The number of carbonyl (C=O) groups excluding carboxylic acids is 1. The van der Waals surface area contributed by atoms with Crippen LogP contribution in [0, 0.1) is 12.7 Å². The van der Waals surface area contributed by atoms with Gasteiger partial charge in [0.15, 0.2) is 0 Å². The summed E-state index contributed by atoms with van der Waals surface area (Å²) in [4.78, 5) is 15.3. The molecule has 2 aromatic carbocycles. The number of nitrogens with one attached hydrogen (secondary N) is 2. The summed E-state index contributed by atoms with van der Waals surface area (Å²) < 4.78 is 14.0. The Hall–Kier alpha value is -2.14. The number of aromatic amines is 1. The van der Waals surface area contributed by atoms with Gasteiger partial charge in [-0.15, -0.1) is 0 Å². The van der Waals surface area contributed by atoms with E-state index in [-0.39, 0.29) is 11.7 Å². The molecule has 0 bridgehead atoms. The minimum atomic E-state index is -0.319. The SMILES string of the molecule is Cc1cc(F)ccc1NC(=O)c1cc2ccc(Br)cc2[nH]1. The molecule has 0 atom stereocenters. The maximum Gasteiger partial charge on any atom is 0.272 e. The van der Waals surface area contributed by atoms with Crippen LogP contribution in [0.3, 0.4) is 0 Å². The molecule has 0 aliphatic heterocycles. The molecular formula is C16H12BrFN2O. The monoisotopic (exact) mass is 346 g/mol. The van der Waals surface area contributed by atoms with Gasteiger partial charge in [0.25, 0.3) is 5.91 Å². The van der Waals surface area contributed by atoms with E-state index < -0.39 is 0 Å². The molecule has 1 aromatic heterocycles. The number of benzene rings is 2. The molecule has 1 amide bonds. The van der Waals surface area contributed by atoms with Crippen LogP contribution < -0.4 is 5.32 Å². The normalized spacial score (nSPS) is 10.8. The topological polar surface area (TPSA) is 44.9 Å². The van der Waals surface area contributed by atoms with E-state index in [2.05, 4.69) is 26.2 Å². The number of H-pyrrole nitrogens is 1. The van der Waals surface area contributed by atoms with Crippen molar-refractivity contribution in [2.24, 2.45) is 0 Å². The van der Waals surface area contributed by atoms with Crippen LogP contribution in [0.5, 0.6) is 0 Å². The highest BCUT2D eigenvalue weighted by atomic mass is 79.9. The number of halogens is 2. The first-order valence-corrected chi connectivity index (χ1v) is 7.18. The van der Waals surface area contributed by atoms with Gasteiger partial charge in [-0.2, -0.15) is 0 Å². The fraction of sp³-hybridized carbons (Fsp3) is 0.0625. The van der Waals surface area contributed by atoms with E-state index in [9.17, 15) is 9.18 Å². The number of hydrogen-bond acceptors (Lipinski definition) is 1. The lowest BCUT2D eigenvalue weighted by Crippen LogP contribution is -2.13. The number of carbonyl (C=O) groups is 1. The second-order valence-corrected chi connectivity index (χ2v) is 5.74. The maximum atomic E-state index is 13.1. The zero-order chi connectivity index (χ0) is 15.0. The molecule has 0 saturated carbocycles. The highest BCUT2D eigenvalue weighted by molar-refractivity contribution is 9.10. The molecule has 5 heteroatoms. The van der Waals surface area contributed by atoms with E-state index >= 15 is 0 Å². The summed E-state index contributed by atoms with van der Waals surface area (Å²) in [6.07, 6.45) is 0. The van der Waals surface area contributed by atoms with Crippen molar-refractivity contribution in [3.05, 3.63) is 64.0 Å². The zero-order valence-corrected chi connectivity index (χ0v) is 12.8. The average Bonchev–Trinajstić information content (AvgIpc) is 2.85. The molecule has 106 valence electrons. The van der Waals surface area contributed by atoms with Crippen molar-refractivity contribution in [1.29, 1.82) is 0 Å². The Labute approximate surface area is 129 Å². The summed E-state index contributed by atoms with van der Waals surface area (Å²) in [5, 5.41) is 3.74. The molecule has 0 aliphatic rings. The third-order valence-corrected chi connectivity index (χ3v) is 3.76. The molecule has 0 spiro atoms. The fourth-order valence-electron chi connectivity index (χ4n) is 2.18. The molecule has 0 saturated heterocycles. The van der Waals surface area contributed by atoms with Crippen LogP contribution in [0.2, 0.25) is 0 Å². The predicted molar refractivity (Wildman–Crippen MR) is 85.1 cm³/mol. The van der Waals surface area contributed by atoms with Crippen molar-refractivity contribution in [3.8, 4) is 0 Å². The molecule has 0 radical (unpaired) electrons. The number of hydrogen-bond donors (Lipinski definition) is 2. The fourth-order valence-corrected chi connectivity index (χ4v) is 2.54. The lowest BCUT2D eigenvalue weighted by atomic mass is 10.2. The standard InChI is InChI=1S/C16H12BrFN2O/c1-9-6-12(18)4-5-13(9)20-16(21)15-7-10-2-3-11(17)8-14(10)19-15/h2-8,19H,1H3,(H,20,21). The van der Waals surface area contributed by atoms with E-state index in [1.54, 1.807) is 19.1 Å². The number of aryl methyl sites for hydroxylation is 1. The predicted octanol–water partition coefficient (Wildman–Crippen LogP) is 4.63. The van der Waals surface area contributed by atoms with Gasteiger partial charge in [-0.1, -0.05) is 22.0 Å². The molecular weight excluding hydrogens is 335 g/mol. The van der Waals surface area contributed by atoms with Crippen LogP contribution >= 0.6 is 15.9 Å². The number of fused-ring (bicyclic) bond motifs is 1. The van der Waals surface area contributed by atoms with E-state index in [0.717, 1.165) is 15.4 Å². The van der Waals surface area contributed by atoms with Gasteiger partial charge < -0.3 is 10.3 Å². The third-order valence-electron chi connectivity index (χ3n) is 3.27. The van der Waals surface area contributed by atoms with Crippen LogP contribution in [0.1, 0.15) is 16.1 Å². The molecule has 3 rings (SSSR count). The highest BCUT2D eigenvalue weighted by Gasteiger charge is 2.11. The van der Waals surface area contributed by atoms with Gasteiger partial charge in [0.05, 0.1) is 0 Å². The van der Waals surface area contributed by atoms with Crippen molar-refractivity contribution < 1.29 is 9.18 Å². The van der Waals surface area contributed by atoms with Crippen molar-refractivity contribution >= 4 is 38.4 Å². The zero-order valence-electron chi connectivity index (χ0n) is 11.2. The Morgan fingerprint density at radius 2 is 2.00 bits per heavy atom. The summed E-state index contributed by atoms with van der Waals surface area (Å²) in [6, 6.07) is 11.8. The van der Waals surface area contributed by atoms with Gasteiger partial charge in [0.1, 0.15) is 11.5 Å². The summed E-state index contributed by atoms with van der Waals surface area (Å²) in [5.74, 6) is -0.571. The molecule has 3 nitrogen and oxygen atoms in total. The molecule has 0 aliphatic carbocycles. The number of rotatable bonds is 2. The van der Waals surface area contributed by atoms with Crippen LogP contribution in [-0.4, -0.2) is 10.9 Å². The second kappa shape index (κ2) is 5.33. The van der Waals surface area contributed by atoms with Gasteiger partial charge in [0, 0.05) is 21.1 Å². The molecule has 1 heterocycles. The van der Waals surface area contributed by atoms with E-state index in [4.69, 9.17) is 0 Å². The van der Waals surface area contributed by atoms with Crippen molar-refractivity contribution in [2.75, 3.05) is 5.32 Å². The summed E-state index contributed by atoms with van der Waals surface area (Å²) >= 11 is 3.39. The Morgan fingerprint density at radius 1 is 1.19 bits per heavy atom.